The molecule has 0 radical (unpaired) electrons. The van der Waals surface area contributed by atoms with Crippen molar-refractivity contribution in [2.24, 2.45) is 0 Å². The third kappa shape index (κ3) is 3.97. The van der Waals surface area contributed by atoms with Crippen LogP contribution in [0.2, 0.25) is 10.0 Å². The average Bonchev–Trinajstić information content (AvgIpc) is 2.96. The lowest BCUT2D eigenvalue weighted by Gasteiger charge is -2.15. The highest BCUT2D eigenvalue weighted by molar-refractivity contribution is 6.42. The molecule has 2 aromatic rings. The number of carbonyl (C=O) groups excluding carboxylic acids is 1. The summed E-state index contributed by atoms with van der Waals surface area (Å²) in [6, 6.07) is 4.44. The van der Waals surface area contributed by atoms with E-state index >= 15 is 0 Å². The van der Waals surface area contributed by atoms with Gasteiger partial charge in [-0.15, -0.1) is 0 Å². The van der Waals surface area contributed by atoms with Gasteiger partial charge in [-0.2, -0.15) is 18.3 Å². The Morgan fingerprint density at radius 1 is 1.31 bits per heavy atom. The van der Waals surface area contributed by atoms with Crippen molar-refractivity contribution in [3.63, 3.8) is 0 Å². The number of aromatic nitrogens is 2. The number of benzene rings is 1. The lowest BCUT2D eigenvalue weighted by atomic mass is 10.1. The van der Waals surface area contributed by atoms with Gasteiger partial charge in [0, 0.05) is 29.8 Å². The van der Waals surface area contributed by atoms with Crippen molar-refractivity contribution in [2.75, 3.05) is 13.2 Å². The number of hydrogen-bond acceptors (Lipinski definition) is 3. The van der Waals surface area contributed by atoms with Crippen LogP contribution in [0.25, 0.3) is 0 Å². The summed E-state index contributed by atoms with van der Waals surface area (Å²) in [5, 5.41) is 6.89. The molecule has 0 aliphatic carbocycles. The number of nitrogens with one attached hydrogen (secondary N) is 1. The maximum atomic E-state index is 13.1. The first-order valence-electron chi connectivity index (χ1n) is 7.74. The molecule has 1 aliphatic heterocycles. The molecule has 1 N–H and O–H groups in total. The third-order valence-electron chi connectivity index (χ3n) is 3.96. The van der Waals surface area contributed by atoms with Crippen molar-refractivity contribution in [3.8, 4) is 0 Å². The van der Waals surface area contributed by atoms with Crippen molar-refractivity contribution in [3.05, 3.63) is 50.8 Å². The van der Waals surface area contributed by atoms with E-state index in [0.717, 1.165) is 0 Å². The van der Waals surface area contributed by atoms with Crippen LogP contribution in [0.3, 0.4) is 0 Å². The molecule has 26 heavy (non-hydrogen) atoms. The molecule has 5 nitrogen and oxygen atoms in total. The normalized spacial score (nSPS) is 14.2. The Morgan fingerprint density at radius 3 is 2.77 bits per heavy atom. The van der Waals surface area contributed by atoms with Gasteiger partial charge >= 0.3 is 6.18 Å². The molecule has 0 bridgehead atoms. The van der Waals surface area contributed by atoms with E-state index in [1.807, 2.05) is 0 Å². The van der Waals surface area contributed by atoms with E-state index in [0.29, 0.717) is 29.3 Å². The highest BCUT2D eigenvalue weighted by Crippen LogP contribution is 2.34. The zero-order chi connectivity index (χ0) is 18.9. The average molecular weight is 408 g/mol. The summed E-state index contributed by atoms with van der Waals surface area (Å²) in [5.74, 6) is -0.399. The molecule has 0 spiro atoms. The molecule has 2 heterocycles. The molecule has 140 valence electrons. The minimum atomic E-state index is -4.54. The minimum Gasteiger partial charge on any atom is -0.376 e. The topological polar surface area (TPSA) is 56.2 Å². The summed E-state index contributed by atoms with van der Waals surface area (Å²) in [4.78, 5) is 12.1. The quantitative estimate of drug-likeness (QED) is 0.840. The Hall–Kier alpha value is -1.77. The summed E-state index contributed by atoms with van der Waals surface area (Å²) in [6.45, 7) is 0.461. The minimum absolute atomic E-state index is 0.0690. The molecule has 0 unspecified atom stereocenters. The van der Waals surface area contributed by atoms with Crippen LogP contribution < -0.4 is 5.32 Å². The molecule has 0 fully saturated rings. The van der Waals surface area contributed by atoms with Gasteiger partial charge in [0.2, 0.25) is 0 Å². The molecule has 0 atom stereocenters. The second-order valence-corrected chi connectivity index (χ2v) is 6.50. The van der Waals surface area contributed by atoms with Gasteiger partial charge in [-0.05, 0) is 18.2 Å². The second kappa shape index (κ2) is 7.46. The number of carbonyl (C=O) groups is 1. The van der Waals surface area contributed by atoms with Gasteiger partial charge in [0.15, 0.2) is 5.69 Å². The van der Waals surface area contributed by atoms with Gasteiger partial charge in [-0.25, -0.2) is 0 Å². The molecule has 1 aliphatic rings. The van der Waals surface area contributed by atoms with E-state index in [4.69, 9.17) is 27.9 Å². The number of hydrogen-bond donors (Lipinski definition) is 1. The molecular formula is C16H14Cl2F3N3O2. The Morgan fingerprint density at radius 2 is 2.08 bits per heavy atom. The zero-order valence-corrected chi connectivity index (χ0v) is 14.9. The van der Waals surface area contributed by atoms with Crippen LogP contribution in [-0.2, 0) is 30.5 Å². The number of ether oxygens (including phenoxy) is 1. The van der Waals surface area contributed by atoms with Crippen LogP contribution in [0.4, 0.5) is 13.2 Å². The monoisotopic (exact) mass is 407 g/mol. The maximum absolute atomic E-state index is 13.1. The summed E-state index contributed by atoms with van der Waals surface area (Å²) in [6.07, 6.45) is -4.20. The summed E-state index contributed by atoms with van der Waals surface area (Å²) >= 11 is 11.7. The Labute approximate surface area is 157 Å². The zero-order valence-electron chi connectivity index (χ0n) is 13.4. The summed E-state index contributed by atoms with van der Waals surface area (Å²) in [7, 11) is 0. The Balaban J connectivity index is 1.69. The highest BCUT2D eigenvalue weighted by atomic mass is 35.5. The van der Waals surface area contributed by atoms with Crippen molar-refractivity contribution >= 4 is 29.1 Å². The lowest BCUT2D eigenvalue weighted by molar-refractivity contribution is -0.142. The molecule has 10 heteroatoms. The fourth-order valence-corrected chi connectivity index (χ4v) is 3.03. The first kappa shape index (κ1) is 19.0. The molecule has 1 amide bonds. The van der Waals surface area contributed by atoms with Gasteiger partial charge in [-0.1, -0.05) is 23.2 Å². The SMILES string of the molecule is O=C(NCCn1nc(C(F)(F)F)c2c1CCOC2)c1ccc(Cl)c(Cl)c1. The van der Waals surface area contributed by atoms with E-state index in [-0.39, 0.29) is 30.3 Å². The predicted octanol–water partition coefficient (Wildman–Crippen LogP) is 3.71. The molecule has 1 aromatic carbocycles. The fourth-order valence-electron chi connectivity index (χ4n) is 2.74. The third-order valence-corrected chi connectivity index (χ3v) is 4.69. The maximum Gasteiger partial charge on any atom is 0.435 e. The van der Waals surface area contributed by atoms with Crippen LogP contribution >= 0.6 is 23.2 Å². The van der Waals surface area contributed by atoms with Crippen LogP contribution in [0.15, 0.2) is 18.2 Å². The van der Waals surface area contributed by atoms with Crippen molar-refractivity contribution in [1.29, 1.82) is 0 Å². The first-order chi connectivity index (χ1) is 12.3. The van der Waals surface area contributed by atoms with Crippen LogP contribution in [0, 0.1) is 0 Å². The van der Waals surface area contributed by atoms with Gasteiger partial charge in [0.25, 0.3) is 5.91 Å². The van der Waals surface area contributed by atoms with Crippen LogP contribution in [0.1, 0.15) is 27.3 Å². The van der Waals surface area contributed by atoms with Crippen LogP contribution in [-0.4, -0.2) is 28.8 Å². The van der Waals surface area contributed by atoms with Crippen LogP contribution in [0.5, 0.6) is 0 Å². The number of halogens is 5. The lowest BCUT2D eigenvalue weighted by Crippen LogP contribution is -2.28. The summed E-state index contributed by atoms with van der Waals surface area (Å²) in [5.41, 5.74) is -0.0544. The molecular weight excluding hydrogens is 394 g/mol. The van der Waals surface area contributed by atoms with E-state index in [2.05, 4.69) is 10.4 Å². The van der Waals surface area contributed by atoms with E-state index < -0.39 is 17.8 Å². The standard InChI is InChI=1S/C16H14Cl2F3N3O2/c17-11-2-1-9(7-12(11)18)15(25)22-4-5-24-13-3-6-26-8-10(13)14(23-24)16(19,20)21/h1-2,7H,3-6,8H2,(H,22,25). The second-order valence-electron chi connectivity index (χ2n) is 5.68. The smallest absolute Gasteiger partial charge is 0.376 e. The van der Waals surface area contributed by atoms with E-state index in [9.17, 15) is 18.0 Å². The Kier molecular flexibility index (Phi) is 5.45. The van der Waals surface area contributed by atoms with Gasteiger partial charge < -0.3 is 10.1 Å². The van der Waals surface area contributed by atoms with Gasteiger partial charge in [0.05, 0.1) is 29.8 Å². The number of alkyl halides is 3. The number of rotatable bonds is 4. The number of nitrogens with zero attached hydrogens (tertiary/aromatic N) is 2. The van der Waals surface area contributed by atoms with Crippen molar-refractivity contribution < 1.29 is 22.7 Å². The first-order valence-corrected chi connectivity index (χ1v) is 8.49. The number of amides is 1. The fraction of sp³-hybridized carbons (Fsp3) is 0.375. The molecule has 0 saturated carbocycles. The van der Waals surface area contributed by atoms with Crippen molar-refractivity contribution in [1.82, 2.24) is 15.1 Å². The van der Waals surface area contributed by atoms with Crippen molar-refractivity contribution in [2.45, 2.75) is 25.7 Å². The largest absolute Gasteiger partial charge is 0.435 e. The molecule has 0 saturated heterocycles. The van der Waals surface area contributed by atoms with Gasteiger partial charge in [-0.3, -0.25) is 9.48 Å². The number of fused-ring (bicyclic) bond motifs is 1. The van der Waals surface area contributed by atoms with Gasteiger partial charge in [0.1, 0.15) is 0 Å². The van der Waals surface area contributed by atoms with E-state index in [1.54, 1.807) is 0 Å². The molecule has 1 aromatic heterocycles. The Bertz CT molecular complexity index is 837. The highest BCUT2D eigenvalue weighted by Gasteiger charge is 2.39. The summed E-state index contributed by atoms with van der Waals surface area (Å²) < 4.78 is 45.7. The molecule has 3 rings (SSSR count). The van der Waals surface area contributed by atoms with E-state index in [1.165, 1.54) is 22.9 Å². The predicted molar refractivity (Wildman–Crippen MR) is 89.4 cm³/mol.